The average Bonchev–Trinajstić information content (AvgIpc) is 3.40. The van der Waals surface area contributed by atoms with Crippen LogP contribution in [0.25, 0.3) is 50.5 Å². The third kappa shape index (κ3) is 4.67. The summed E-state index contributed by atoms with van der Waals surface area (Å²) in [4.78, 5) is 9.99. The second-order valence-corrected chi connectivity index (χ2v) is 12.4. The Labute approximate surface area is 247 Å². The minimum atomic E-state index is -0.0447. The van der Waals surface area contributed by atoms with E-state index < -0.39 is 0 Å². The van der Waals surface area contributed by atoms with E-state index in [9.17, 15) is 5.11 Å². The highest BCUT2D eigenvalue weighted by atomic mass is 16.3. The molecule has 0 fully saturated rings. The SMILES string of the molecule is CC(C)(C)c1cc(-c2ccccn2)cc(-c2cccc3c2nc(-c2cc4c(cc2O)CCCC4)n3-c2ccccc2)c1. The Morgan fingerprint density at radius 2 is 1.45 bits per heavy atom. The molecule has 0 unspecified atom stereocenters. The normalized spacial score (nSPS) is 13.3. The van der Waals surface area contributed by atoms with Gasteiger partial charge in [0.05, 0.1) is 22.3 Å². The Balaban J connectivity index is 1.50. The number of aryl methyl sites for hydroxylation is 2. The molecule has 6 aromatic rings. The third-order valence-electron chi connectivity index (χ3n) is 8.47. The molecule has 1 aliphatic carbocycles. The lowest BCUT2D eigenvalue weighted by atomic mass is 9.83. The van der Waals surface area contributed by atoms with Gasteiger partial charge < -0.3 is 5.11 Å². The van der Waals surface area contributed by atoms with Crippen molar-refractivity contribution in [1.29, 1.82) is 0 Å². The predicted molar refractivity (Wildman–Crippen MR) is 172 cm³/mol. The summed E-state index contributed by atoms with van der Waals surface area (Å²) in [6, 6.07) is 33.7. The van der Waals surface area contributed by atoms with Crippen LogP contribution in [-0.2, 0) is 18.3 Å². The fraction of sp³-hybridized carbons (Fsp3) is 0.211. The molecule has 0 atom stereocenters. The van der Waals surface area contributed by atoms with E-state index in [-0.39, 0.29) is 11.2 Å². The summed E-state index contributed by atoms with van der Waals surface area (Å²) in [5.41, 5.74) is 11.7. The van der Waals surface area contributed by atoms with Crippen LogP contribution in [0, 0.1) is 0 Å². The first kappa shape index (κ1) is 26.2. The summed E-state index contributed by atoms with van der Waals surface area (Å²) in [6.45, 7) is 6.74. The van der Waals surface area contributed by atoms with E-state index in [1.165, 1.54) is 29.5 Å². The summed E-state index contributed by atoms with van der Waals surface area (Å²) in [5, 5.41) is 11.3. The van der Waals surface area contributed by atoms with Gasteiger partial charge in [0.25, 0.3) is 0 Å². The predicted octanol–water partition coefficient (Wildman–Crippen LogP) is 9.30. The van der Waals surface area contributed by atoms with Crippen LogP contribution in [0.15, 0.2) is 103 Å². The molecule has 4 nitrogen and oxygen atoms in total. The maximum absolute atomic E-state index is 11.3. The van der Waals surface area contributed by atoms with Crippen LogP contribution in [0.1, 0.15) is 50.3 Å². The Morgan fingerprint density at radius 3 is 2.19 bits per heavy atom. The Bertz CT molecular complexity index is 1910. The van der Waals surface area contributed by atoms with Gasteiger partial charge >= 0.3 is 0 Å². The molecule has 2 aromatic heterocycles. The molecular formula is C38H35N3O. The molecule has 0 saturated carbocycles. The monoisotopic (exact) mass is 549 g/mol. The number of pyridine rings is 1. The smallest absolute Gasteiger partial charge is 0.149 e. The van der Waals surface area contributed by atoms with Gasteiger partial charge in [-0.3, -0.25) is 9.55 Å². The zero-order valence-electron chi connectivity index (χ0n) is 24.4. The van der Waals surface area contributed by atoms with Crippen LogP contribution in [0.4, 0.5) is 0 Å². The number of aromatic hydroxyl groups is 1. The van der Waals surface area contributed by atoms with Crippen LogP contribution >= 0.6 is 0 Å². The van der Waals surface area contributed by atoms with E-state index in [1.807, 2.05) is 42.6 Å². The molecular weight excluding hydrogens is 514 g/mol. The third-order valence-corrected chi connectivity index (χ3v) is 8.47. The van der Waals surface area contributed by atoms with E-state index in [4.69, 9.17) is 4.98 Å². The molecule has 0 radical (unpaired) electrons. The fourth-order valence-electron chi connectivity index (χ4n) is 6.20. The molecule has 0 saturated heterocycles. The summed E-state index contributed by atoms with van der Waals surface area (Å²) in [7, 11) is 0. The zero-order chi connectivity index (χ0) is 28.8. The van der Waals surface area contributed by atoms with Crippen molar-refractivity contribution >= 4 is 11.0 Å². The molecule has 208 valence electrons. The lowest BCUT2D eigenvalue weighted by molar-refractivity contribution is 0.474. The number of rotatable bonds is 4. The molecule has 0 spiro atoms. The second-order valence-electron chi connectivity index (χ2n) is 12.4. The van der Waals surface area contributed by atoms with Crippen LogP contribution in [0.2, 0.25) is 0 Å². The first-order valence-electron chi connectivity index (χ1n) is 14.9. The number of imidazole rings is 1. The van der Waals surface area contributed by atoms with Crippen molar-refractivity contribution in [3.05, 3.63) is 120 Å². The number of hydrogen-bond acceptors (Lipinski definition) is 3. The quantitative estimate of drug-likeness (QED) is 0.238. The van der Waals surface area contributed by atoms with Crippen LogP contribution in [-0.4, -0.2) is 19.6 Å². The molecule has 0 aliphatic heterocycles. The van der Waals surface area contributed by atoms with Crippen LogP contribution in [0.3, 0.4) is 0 Å². The lowest BCUT2D eigenvalue weighted by Gasteiger charge is -2.21. The topological polar surface area (TPSA) is 50.9 Å². The van der Waals surface area contributed by atoms with Gasteiger partial charge in [0.2, 0.25) is 0 Å². The van der Waals surface area contributed by atoms with Gasteiger partial charge in [0.15, 0.2) is 0 Å². The lowest BCUT2D eigenvalue weighted by Crippen LogP contribution is -2.11. The van der Waals surface area contributed by atoms with Crippen molar-refractivity contribution in [2.75, 3.05) is 0 Å². The van der Waals surface area contributed by atoms with E-state index in [0.29, 0.717) is 0 Å². The maximum atomic E-state index is 11.3. The number of hydrogen-bond donors (Lipinski definition) is 1. The highest BCUT2D eigenvalue weighted by Gasteiger charge is 2.23. The number of fused-ring (bicyclic) bond motifs is 2. The Kier molecular flexibility index (Phi) is 6.42. The van der Waals surface area contributed by atoms with Gasteiger partial charge in [-0.25, -0.2) is 4.98 Å². The first-order valence-corrected chi connectivity index (χ1v) is 14.9. The van der Waals surface area contributed by atoms with Crippen molar-refractivity contribution < 1.29 is 5.11 Å². The molecule has 0 amide bonds. The molecule has 4 aromatic carbocycles. The molecule has 1 aliphatic rings. The maximum Gasteiger partial charge on any atom is 0.149 e. The average molecular weight is 550 g/mol. The first-order chi connectivity index (χ1) is 20.4. The van der Waals surface area contributed by atoms with Crippen molar-refractivity contribution in [3.8, 4) is 45.2 Å². The van der Waals surface area contributed by atoms with Gasteiger partial charge in [-0.05, 0) is 108 Å². The van der Waals surface area contributed by atoms with Crippen LogP contribution in [0.5, 0.6) is 5.75 Å². The number of benzene rings is 4. The Hall–Kier alpha value is -4.70. The summed E-state index contributed by atoms with van der Waals surface area (Å²) in [6.07, 6.45) is 6.25. The van der Waals surface area contributed by atoms with E-state index in [2.05, 4.69) is 91.0 Å². The van der Waals surface area contributed by atoms with Crippen molar-refractivity contribution in [1.82, 2.24) is 14.5 Å². The molecule has 0 bridgehead atoms. The molecule has 2 heterocycles. The van der Waals surface area contributed by atoms with Gasteiger partial charge in [-0.2, -0.15) is 0 Å². The van der Waals surface area contributed by atoms with Crippen molar-refractivity contribution in [2.45, 2.75) is 51.9 Å². The van der Waals surface area contributed by atoms with Gasteiger partial charge in [-0.1, -0.05) is 63.2 Å². The minimum Gasteiger partial charge on any atom is -0.507 e. The van der Waals surface area contributed by atoms with Gasteiger partial charge in [0, 0.05) is 23.0 Å². The minimum absolute atomic E-state index is 0.0447. The van der Waals surface area contributed by atoms with Crippen LogP contribution < -0.4 is 0 Å². The molecule has 7 rings (SSSR count). The van der Waals surface area contributed by atoms with Gasteiger partial charge in [-0.15, -0.1) is 0 Å². The van der Waals surface area contributed by atoms with E-state index in [0.717, 1.165) is 63.3 Å². The summed E-state index contributed by atoms with van der Waals surface area (Å²) in [5.74, 6) is 1.04. The number of aromatic nitrogens is 3. The van der Waals surface area contributed by atoms with Gasteiger partial charge in [0.1, 0.15) is 11.6 Å². The van der Waals surface area contributed by atoms with E-state index in [1.54, 1.807) is 0 Å². The number of phenols is 1. The largest absolute Gasteiger partial charge is 0.507 e. The second kappa shape index (κ2) is 10.3. The fourth-order valence-corrected chi connectivity index (χ4v) is 6.20. The summed E-state index contributed by atoms with van der Waals surface area (Å²) >= 11 is 0. The summed E-state index contributed by atoms with van der Waals surface area (Å²) < 4.78 is 2.19. The van der Waals surface area contributed by atoms with Crippen molar-refractivity contribution in [2.24, 2.45) is 0 Å². The van der Waals surface area contributed by atoms with E-state index >= 15 is 0 Å². The van der Waals surface area contributed by atoms with Crippen molar-refractivity contribution in [3.63, 3.8) is 0 Å². The number of phenolic OH excluding ortho intramolecular Hbond substituents is 1. The molecule has 4 heteroatoms. The standard InChI is InChI=1S/C38H35N3O/c1-38(2,3)29-21-27(20-28(22-29)33-17-9-10-19-39-33)31-16-11-18-34-36(31)40-37(41(34)30-14-5-4-6-15-30)32-23-25-12-7-8-13-26(25)24-35(32)42/h4-6,9-11,14-24,42H,7-8,12-13H2,1-3H3. The molecule has 1 N–H and O–H groups in total. The highest BCUT2D eigenvalue weighted by Crippen LogP contribution is 2.41. The molecule has 42 heavy (non-hydrogen) atoms. The zero-order valence-corrected chi connectivity index (χ0v) is 24.4. The highest BCUT2D eigenvalue weighted by molar-refractivity contribution is 5.96. The Morgan fingerprint density at radius 1 is 0.714 bits per heavy atom. The number of para-hydroxylation sites is 2. The number of nitrogens with zero attached hydrogens (tertiary/aromatic N) is 3.